The third-order valence-corrected chi connectivity index (χ3v) is 7.76. The van der Waals surface area contributed by atoms with Crippen molar-refractivity contribution in [2.75, 3.05) is 39.5 Å². The Morgan fingerprint density at radius 1 is 1.14 bits per heavy atom. The number of nitrogens with zero attached hydrogens (tertiary/aromatic N) is 2. The zero-order valence-corrected chi connectivity index (χ0v) is 23.7. The average Bonchev–Trinajstić information content (AvgIpc) is 3.13. The molecule has 2 fully saturated rings. The van der Waals surface area contributed by atoms with Crippen molar-refractivity contribution >= 4 is 74.0 Å². The van der Waals surface area contributed by atoms with Crippen LogP contribution in [0.3, 0.4) is 0 Å². The Balaban J connectivity index is 1.50. The van der Waals surface area contributed by atoms with Gasteiger partial charge in [-0.15, -0.1) is 0 Å². The first kappa shape index (κ1) is 27.8. The number of rotatable bonds is 8. The van der Waals surface area contributed by atoms with E-state index in [-0.39, 0.29) is 24.0 Å². The molecule has 0 radical (unpaired) electrons. The lowest BCUT2D eigenvalue weighted by Crippen LogP contribution is -2.46. The fourth-order valence-corrected chi connectivity index (χ4v) is 5.43. The summed E-state index contributed by atoms with van der Waals surface area (Å²) in [6.07, 6.45) is 1.60. The Kier molecular flexibility index (Phi) is 9.41. The maximum Gasteiger partial charge on any atom is 0.294 e. The Labute approximate surface area is 236 Å². The van der Waals surface area contributed by atoms with Crippen LogP contribution in [0.1, 0.15) is 18.1 Å². The highest BCUT2D eigenvalue weighted by Crippen LogP contribution is 2.40. The highest BCUT2D eigenvalue weighted by Gasteiger charge is 2.37. The number of benzene rings is 2. The van der Waals surface area contributed by atoms with Gasteiger partial charge in [0.25, 0.3) is 11.1 Å². The molecule has 8 nitrogen and oxygen atoms in total. The first-order valence-electron chi connectivity index (χ1n) is 11.4. The van der Waals surface area contributed by atoms with Gasteiger partial charge in [-0.25, -0.2) is 0 Å². The van der Waals surface area contributed by atoms with Crippen LogP contribution in [0.4, 0.5) is 4.79 Å². The van der Waals surface area contributed by atoms with E-state index in [9.17, 15) is 14.4 Å². The van der Waals surface area contributed by atoms with Crippen molar-refractivity contribution in [3.05, 3.63) is 60.9 Å². The summed E-state index contributed by atoms with van der Waals surface area (Å²) < 4.78 is 17.6. The summed E-state index contributed by atoms with van der Waals surface area (Å²) >= 11 is 16.4. The molecule has 0 atom stereocenters. The molecule has 2 aliphatic rings. The lowest BCUT2D eigenvalue weighted by atomic mass is 10.1. The van der Waals surface area contributed by atoms with Gasteiger partial charge in [0, 0.05) is 13.1 Å². The quantitative estimate of drug-likeness (QED) is 0.350. The van der Waals surface area contributed by atoms with Crippen molar-refractivity contribution in [1.82, 2.24) is 9.80 Å². The summed E-state index contributed by atoms with van der Waals surface area (Å²) in [5, 5.41) is 0.409. The molecule has 4 rings (SSSR count). The van der Waals surface area contributed by atoms with Crippen LogP contribution in [-0.2, 0) is 20.9 Å². The van der Waals surface area contributed by atoms with E-state index in [0.717, 1.165) is 22.2 Å². The highest BCUT2D eigenvalue weighted by atomic mass is 79.9. The third kappa shape index (κ3) is 6.80. The Hall–Kier alpha value is -2.24. The van der Waals surface area contributed by atoms with E-state index in [2.05, 4.69) is 15.9 Å². The predicted molar refractivity (Wildman–Crippen MR) is 146 cm³/mol. The molecule has 0 bridgehead atoms. The smallest absolute Gasteiger partial charge is 0.294 e. The van der Waals surface area contributed by atoms with Gasteiger partial charge >= 0.3 is 0 Å². The summed E-state index contributed by atoms with van der Waals surface area (Å²) in [7, 11) is 0. The monoisotopic (exact) mass is 628 g/mol. The Morgan fingerprint density at radius 2 is 1.89 bits per heavy atom. The van der Waals surface area contributed by atoms with Crippen LogP contribution in [0.5, 0.6) is 11.5 Å². The van der Waals surface area contributed by atoms with E-state index < -0.39 is 11.1 Å². The second-order valence-corrected chi connectivity index (χ2v) is 10.7. The van der Waals surface area contributed by atoms with Gasteiger partial charge in [0.1, 0.15) is 13.2 Å². The highest BCUT2D eigenvalue weighted by molar-refractivity contribution is 9.10. The summed E-state index contributed by atoms with van der Waals surface area (Å²) in [5.74, 6) is 0.154. The molecule has 196 valence electrons. The largest absolute Gasteiger partial charge is 0.490 e. The van der Waals surface area contributed by atoms with Crippen molar-refractivity contribution in [2.24, 2.45) is 0 Å². The number of morpholine rings is 1. The summed E-state index contributed by atoms with van der Waals surface area (Å²) in [5.41, 5.74) is 1.45. The number of carbonyl (C=O) groups excluding carboxylic acids is 3. The molecule has 0 N–H and O–H groups in total. The number of halogens is 3. The number of hydrogen-bond acceptors (Lipinski definition) is 7. The molecule has 0 saturated carbocycles. The first-order valence-corrected chi connectivity index (χ1v) is 13.8. The van der Waals surface area contributed by atoms with Crippen LogP contribution in [0, 0.1) is 0 Å². The van der Waals surface area contributed by atoms with Crippen LogP contribution in [0.15, 0.2) is 39.7 Å². The van der Waals surface area contributed by atoms with Crippen LogP contribution in [-0.4, -0.2) is 66.3 Å². The van der Waals surface area contributed by atoms with Crippen molar-refractivity contribution in [3.63, 3.8) is 0 Å². The molecule has 2 aromatic rings. The van der Waals surface area contributed by atoms with Gasteiger partial charge in [0.15, 0.2) is 11.5 Å². The van der Waals surface area contributed by atoms with Crippen LogP contribution >= 0.6 is 50.9 Å². The zero-order chi connectivity index (χ0) is 26.5. The summed E-state index contributed by atoms with van der Waals surface area (Å²) in [6.45, 7) is 3.94. The lowest BCUT2D eigenvalue weighted by molar-refractivity contribution is -0.139. The van der Waals surface area contributed by atoms with E-state index in [0.29, 0.717) is 64.5 Å². The molecular formula is C25H23BrCl2N2O6S. The van der Waals surface area contributed by atoms with Crippen LogP contribution < -0.4 is 9.47 Å². The molecule has 0 aromatic heterocycles. The van der Waals surface area contributed by atoms with Gasteiger partial charge in [0.2, 0.25) is 5.91 Å². The molecule has 0 unspecified atom stereocenters. The SMILES string of the molecule is CCOc1cc(/C=C2/SC(=O)N(CC(=O)N3CCOCC3)C2=O)cc(Br)c1OCc1ccc(Cl)c(Cl)c1. The minimum atomic E-state index is -0.509. The first-order chi connectivity index (χ1) is 17.8. The minimum absolute atomic E-state index is 0.221. The molecule has 2 aromatic carbocycles. The predicted octanol–water partition coefficient (Wildman–Crippen LogP) is 5.63. The fourth-order valence-electron chi connectivity index (χ4n) is 3.69. The van der Waals surface area contributed by atoms with Crippen molar-refractivity contribution in [2.45, 2.75) is 13.5 Å². The lowest BCUT2D eigenvalue weighted by Gasteiger charge is -2.28. The van der Waals surface area contributed by atoms with Gasteiger partial charge in [-0.3, -0.25) is 19.3 Å². The second kappa shape index (κ2) is 12.5. The van der Waals surface area contributed by atoms with Crippen LogP contribution in [0.2, 0.25) is 10.0 Å². The van der Waals surface area contributed by atoms with Gasteiger partial charge in [0.05, 0.1) is 39.2 Å². The van der Waals surface area contributed by atoms with Gasteiger partial charge in [-0.05, 0) is 76.1 Å². The molecule has 2 saturated heterocycles. The standard InChI is InChI=1S/C25H23BrCl2N2O6S/c1-2-35-20-11-16(9-17(26)23(20)36-14-15-3-4-18(27)19(28)10-15)12-21-24(32)30(25(33)37-21)13-22(31)29-5-7-34-8-6-29/h3-4,9-12H,2,5-8,13-14H2,1H3/b21-12+. The Morgan fingerprint density at radius 3 is 2.59 bits per heavy atom. The maximum absolute atomic E-state index is 12.9. The molecule has 0 spiro atoms. The van der Waals surface area contributed by atoms with Gasteiger partial charge < -0.3 is 19.1 Å². The summed E-state index contributed by atoms with van der Waals surface area (Å²) in [6, 6.07) is 8.74. The third-order valence-electron chi connectivity index (χ3n) is 5.53. The van der Waals surface area contributed by atoms with Crippen molar-refractivity contribution in [1.29, 1.82) is 0 Å². The molecule has 3 amide bonds. The molecule has 2 aliphatic heterocycles. The zero-order valence-electron chi connectivity index (χ0n) is 19.8. The van der Waals surface area contributed by atoms with Crippen molar-refractivity contribution in [3.8, 4) is 11.5 Å². The fraction of sp³-hybridized carbons (Fsp3) is 0.320. The number of thioether (sulfide) groups is 1. The number of hydrogen-bond donors (Lipinski definition) is 0. The summed E-state index contributed by atoms with van der Waals surface area (Å²) in [4.78, 5) is 40.8. The number of carbonyl (C=O) groups is 3. The van der Waals surface area contributed by atoms with E-state index in [4.69, 9.17) is 37.4 Å². The molecule has 0 aliphatic carbocycles. The molecule has 37 heavy (non-hydrogen) atoms. The average molecular weight is 630 g/mol. The number of imide groups is 1. The van der Waals surface area contributed by atoms with E-state index >= 15 is 0 Å². The number of amides is 3. The number of ether oxygens (including phenoxy) is 3. The minimum Gasteiger partial charge on any atom is -0.490 e. The van der Waals surface area contributed by atoms with E-state index in [1.165, 1.54) is 0 Å². The topological polar surface area (TPSA) is 85.4 Å². The van der Waals surface area contributed by atoms with Gasteiger partial charge in [-0.2, -0.15) is 0 Å². The second-order valence-electron chi connectivity index (χ2n) is 8.06. The molecular weight excluding hydrogens is 607 g/mol. The van der Waals surface area contributed by atoms with Crippen LogP contribution in [0.25, 0.3) is 6.08 Å². The Bertz CT molecular complexity index is 1250. The van der Waals surface area contributed by atoms with E-state index in [1.807, 2.05) is 13.0 Å². The van der Waals surface area contributed by atoms with Crippen molar-refractivity contribution < 1.29 is 28.6 Å². The normalized spacial score (nSPS) is 17.0. The molecule has 2 heterocycles. The maximum atomic E-state index is 12.9. The van der Waals surface area contributed by atoms with Gasteiger partial charge in [-0.1, -0.05) is 29.3 Å². The van der Waals surface area contributed by atoms with E-state index in [1.54, 1.807) is 35.2 Å². The molecule has 12 heteroatoms.